The average Bonchev–Trinajstić information content (AvgIpc) is 2.64. The molecule has 1 aliphatic heterocycles. The summed E-state index contributed by atoms with van der Waals surface area (Å²) in [6, 6.07) is 0. The highest BCUT2D eigenvalue weighted by Gasteiger charge is 2.35. The molecule has 1 aliphatic rings. The fraction of sp³-hybridized carbons (Fsp3) is 1.00. The molecule has 1 saturated heterocycles. The lowest BCUT2D eigenvalue weighted by Crippen LogP contribution is -2.51. The molecule has 1 fully saturated rings. The van der Waals surface area contributed by atoms with E-state index in [1.165, 1.54) is 4.31 Å². The van der Waals surface area contributed by atoms with E-state index in [4.69, 9.17) is 4.74 Å². The van der Waals surface area contributed by atoms with Gasteiger partial charge in [-0.2, -0.15) is 17.4 Å². The second-order valence-electron chi connectivity index (χ2n) is 4.75. The average molecular weight is 265 g/mol. The molecule has 2 N–H and O–H groups in total. The summed E-state index contributed by atoms with van der Waals surface area (Å²) in [5.41, 5.74) is -0.462. The van der Waals surface area contributed by atoms with Crippen molar-refractivity contribution >= 4 is 10.2 Å². The Hall–Kier alpha value is -0.210. The highest BCUT2D eigenvalue weighted by atomic mass is 32.2. The molecule has 0 spiro atoms. The van der Waals surface area contributed by atoms with Crippen molar-refractivity contribution in [3.63, 3.8) is 0 Å². The van der Waals surface area contributed by atoms with E-state index in [9.17, 15) is 8.42 Å². The van der Waals surface area contributed by atoms with E-state index in [-0.39, 0.29) is 0 Å². The Labute approximate surface area is 104 Å². The van der Waals surface area contributed by atoms with Crippen LogP contribution >= 0.6 is 0 Å². The van der Waals surface area contributed by atoms with Crippen LogP contribution in [0.15, 0.2) is 0 Å². The lowest BCUT2D eigenvalue weighted by Gasteiger charge is -2.27. The molecule has 102 valence electrons. The van der Waals surface area contributed by atoms with Crippen LogP contribution in [-0.4, -0.2) is 58.7 Å². The number of nitrogens with zero attached hydrogens (tertiary/aromatic N) is 1. The van der Waals surface area contributed by atoms with Gasteiger partial charge >= 0.3 is 0 Å². The van der Waals surface area contributed by atoms with Crippen molar-refractivity contribution < 1.29 is 13.2 Å². The van der Waals surface area contributed by atoms with Crippen LogP contribution in [-0.2, 0) is 14.9 Å². The number of hydrogen-bond donors (Lipinski definition) is 2. The predicted octanol–water partition coefficient (Wildman–Crippen LogP) is -0.459. The second kappa shape index (κ2) is 6.10. The molecule has 0 bridgehead atoms. The minimum absolute atomic E-state index is 0.441. The summed E-state index contributed by atoms with van der Waals surface area (Å²) in [7, 11) is 0.0382. The van der Waals surface area contributed by atoms with Crippen LogP contribution in [0.3, 0.4) is 0 Å². The third kappa shape index (κ3) is 4.51. The van der Waals surface area contributed by atoms with E-state index in [1.807, 2.05) is 14.0 Å². The van der Waals surface area contributed by atoms with Gasteiger partial charge in [0.1, 0.15) is 0 Å². The maximum absolute atomic E-state index is 12.0. The van der Waals surface area contributed by atoms with E-state index in [1.54, 1.807) is 7.05 Å². The van der Waals surface area contributed by atoms with Gasteiger partial charge in [0.2, 0.25) is 0 Å². The Kier molecular flexibility index (Phi) is 5.33. The molecule has 0 amide bonds. The number of rotatable bonds is 7. The number of hydrogen-bond acceptors (Lipinski definition) is 4. The highest BCUT2D eigenvalue weighted by Crippen LogP contribution is 2.19. The number of nitrogens with one attached hydrogen (secondary N) is 2. The summed E-state index contributed by atoms with van der Waals surface area (Å²) in [6.45, 7) is 4.24. The van der Waals surface area contributed by atoms with E-state index < -0.39 is 15.7 Å². The van der Waals surface area contributed by atoms with Gasteiger partial charge in [-0.3, -0.25) is 0 Å². The summed E-state index contributed by atoms with van der Waals surface area (Å²) in [6.07, 6.45) is 1.51. The van der Waals surface area contributed by atoms with Crippen molar-refractivity contribution in [1.82, 2.24) is 14.3 Å². The lowest BCUT2D eigenvalue weighted by molar-refractivity contribution is 0.177. The molecule has 0 aromatic rings. The molecule has 17 heavy (non-hydrogen) atoms. The molecule has 1 atom stereocenters. The molecule has 0 aromatic heterocycles. The van der Waals surface area contributed by atoms with Gasteiger partial charge in [0.15, 0.2) is 0 Å². The Balaban J connectivity index is 2.49. The Morgan fingerprint density at radius 2 is 2.18 bits per heavy atom. The zero-order valence-corrected chi connectivity index (χ0v) is 11.6. The lowest BCUT2D eigenvalue weighted by atomic mass is 10.0. The van der Waals surface area contributed by atoms with Gasteiger partial charge in [-0.1, -0.05) is 0 Å². The summed E-state index contributed by atoms with van der Waals surface area (Å²) < 4.78 is 33.3. The molecule has 0 aromatic carbocycles. The van der Waals surface area contributed by atoms with Crippen LogP contribution in [0.1, 0.15) is 19.8 Å². The van der Waals surface area contributed by atoms with E-state index in [2.05, 4.69) is 10.0 Å². The molecule has 7 heteroatoms. The van der Waals surface area contributed by atoms with Crippen LogP contribution in [0.5, 0.6) is 0 Å². The van der Waals surface area contributed by atoms with E-state index in [0.29, 0.717) is 19.8 Å². The van der Waals surface area contributed by atoms with Gasteiger partial charge < -0.3 is 10.1 Å². The fourth-order valence-electron chi connectivity index (χ4n) is 1.74. The van der Waals surface area contributed by atoms with Crippen molar-refractivity contribution in [1.29, 1.82) is 0 Å². The normalized spacial score (nSPS) is 25.6. The Morgan fingerprint density at radius 3 is 2.71 bits per heavy atom. The van der Waals surface area contributed by atoms with Gasteiger partial charge in [-0.05, 0) is 33.4 Å². The van der Waals surface area contributed by atoms with Crippen LogP contribution in [0.2, 0.25) is 0 Å². The fourth-order valence-corrected chi connectivity index (χ4v) is 3.04. The summed E-state index contributed by atoms with van der Waals surface area (Å²) in [4.78, 5) is 0. The van der Waals surface area contributed by atoms with Crippen LogP contribution in [0.25, 0.3) is 0 Å². The first-order valence-corrected chi connectivity index (χ1v) is 7.31. The van der Waals surface area contributed by atoms with Crippen molar-refractivity contribution in [2.24, 2.45) is 0 Å². The first-order chi connectivity index (χ1) is 7.90. The van der Waals surface area contributed by atoms with Crippen LogP contribution < -0.4 is 10.0 Å². The first kappa shape index (κ1) is 14.8. The maximum atomic E-state index is 12.0. The van der Waals surface area contributed by atoms with Crippen LogP contribution in [0, 0.1) is 0 Å². The highest BCUT2D eigenvalue weighted by molar-refractivity contribution is 7.87. The number of ether oxygens (including phenoxy) is 1. The molecular weight excluding hydrogens is 242 g/mol. The second-order valence-corrected chi connectivity index (χ2v) is 6.53. The van der Waals surface area contributed by atoms with E-state index in [0.717, 1.165) is 19.4 Å². The van der Waals surface area contributed by atoms with Gasteiger partial charge in [-0.25, -0.2) is 0 Å². The zero-order chi connectivity index (χ0) is 12.9. The maximum Gasteiger partial charge on any atom is 0.279 e. The Morgan fingerprint density at radius 1 is 1.47 bits per heavy atom. The molecule has 0 radical (unpaired) electrons. The molecule has 1 heterocycles. The SMILES string of the molecule is CNCCCN(C)S(=O)(=O)NC1(C)CCOC1. The molecule has 0 saturated carbocycles. The minimum Gasteiger partial charge on any atom is -0.379 e. The standard InChI is InChI=1S/C10H23N3O3S/c1-10(5-8-16-9-10)12-17(14,15)13(3)7-4-6-11-2/h11-12H,4-9H2,1-3H3. The summed E-state index contributed by atoms with van der Waals surface area (Å²) >= 11 is 0. The van der Waals surface area contributed by atoms with Gasteiger partial charge in [0.25, 0.3) is 10.2 Å². The zero-order valence-electron chi connectivity index (χ0n) is 10.8. The smallest absolute Gasteiger partial charge is 0.279 e. The molecule has 1 unspecified atom stereocenters. The molecule has 6 nitrogen and oxygen atoms in total. The van der Waals surface area contributed by atoms with Gasteiger partial charge in [0.05, 0.1) is 12.1 Å². The predicted molar refractivity (Wildman–Crippen MR) is 67.1 cm³/mol. The minimum atomic E-state index is -3.41. The molecular formula is C10H23N3O3S. The van der Waals surface area contributed by atoms with Crippen LogP contribution in [0.4, 0.5) is 0 Å². The summed E-state index contributed by atoms with van der Waals surface area (Å²) in [5, 5.41) is 2.99. The summed E-state index contributed by atoms with van der Waals surface area (Å²) in [5.74, 6) is 0. The van der Waals surface area contributed by atoms with Crippen molar-refractivity contribution in [3.05, 3.63) is 0 Å². The quantitative estimate of drug-likeness (QED) is 0.611. The van der Waals surface area contributed by atoms with Crippen molar-refractivity contribution in [2.75, 3.05) is 40.4 Å². The largest absolute Gasteiger partial charge is 0.379 e. The first-order valence-electron chi connectivity index (χ1n) is 5.87. The molecule has 1 rings (SSSR count). The topological polar surface area (TPSA) is 70.7 Å². The monoisotopic (exact) mass is 265 g/mol. The Bertz CT molecular complexity index is 326. The van der Waals surface area contributed by atoms with Gasteiger partial charge in [-0.15, -0.1) is 0 Å². The third-order valence-electron chi connectivity index (χ3n) is 2.90. The van der Waals surface area contributed by atoms with Crippen molar-refractivity contribution in [2.45, 2.75) is 25.3 Å². The van der Waals surface area contributed by atoms with Gasteiger partial charge in [0, 0.05) is 20.2 Å². The van der Waals surface area contributed by atoms with E-state index >= 15 is 0 Å². The molecule has 0 aliphatic carbocycles. The third-order valence-corrected chi connectivity index (χ3v) is 4.66. The van der Waals surface area contributed by atoms with Crippen molar-refractivity contribution in [3.8, 4) is 0 Å².